The monoisotopic (exact) mass is 868 g/mol. The number of imide groups is 1. The SMILES string of the molecule is CCCC(=O)O[C@H]1[C@H](C)O[C@@H](O[C@H]2[C@H](N(C)C)[C@@H](O)[C@H](O[C@@H]3[C@@H](OC)[C@H](O)CC(=O)O[C@H](C)CC4C=CC(C5C(=O)NC(=O)C45)[C@H](O)[C@H](CC=O)C[C@@H]3C)O[C@@H]2C)C[C@@]1(C)O. The fraction of sp³-hybridized carbons (Fsp3) is 0.837. The second kappa shape index (κ2) is 20.7. The Morgan fingerprint density at radius 2 is 1.64 bits per heavy atom. The molecular formula is C43H68N2O16. The van der Waals surface area contributed by atoms with Crippen LogP contribution in [0.3, 0.4) is 0 Å². The van der Waals surface area contributed by atoms with Gasteiger partial charge in [-0.2, -0.15) is 0 Å². The van der Waals surface area contributed by atoms with Gasteiger partial charge in [0.15, 0.2) is 18.7 Å². The van der Waals surface area contributed by atoms with E-state index in [1.165, 1.54) is 7.11 Å². The standard InChI is InChI=1S/C43H68N2O16/c1-10-11-28(48)59-39-23(5)57-30(19-43(39,6)54)60-37-22(4)58-42(35(51)33(37)45(7)8)61-36-20(2)16-25(14-15-46)34(50)26-13-12-24(31-32(26)41(53)44-40(31)52)17-21(3)56-29(49)18-27(47)38(36)55-9/h12-13,15,20-27,30-39,42,47,50-51,54H,10-11,14,16-19H2,1-9H3,(H,44,52,53)/t20-,21+,22+,23-,24?,25+,26?,27+,30-,31?,32?,33+,34+,35+,36-,37+,38-,39-,42-,43+/m0/s1. The van der Waals surface area contributed by atoms with Crippen LogP contribution < -0.4 is 5.32 Å². The van der Waals surface area contributed by atoms with Gasteiger partial charge in [-0.15, -0.1) is 0 Å². The van der Waals surface area contributed by atoms with Gasteiger partial charge in [0.25, 0.3) is 0 Å². The van der Waals surface area contributed by atoms with Crippen molar-refractivity contribution < 1.29 is 77.6 Å². The molecule has 5 N–H and O–H groups in total. The van der Waals surface area contributed by atoms with E-state index in [0.29, 0.717) is 12.7 Å². The maximum absolute atomic E-state index is 13.3. The minimum Gasteiger partial charge on any atom is -0.463 e. The number of allylic oxidation sites excluding steroid dienone is 1. The zero-order valence-electron chi connectivity index (χ0n) is 36.8. The number of ether oxygens (including phenoxy) is 7. The van der Waals surface area contributed by atoms with Gasteiger partial charge in [-0.1, -0.05) is 26.0 Å². The average molecular weight is 869 g/mol. The highest BCUT2D eigenvalue weighted by molar-refractivity contribution is 6.05. The number of carbonyl (C=O) groups excluding carboxylic acids is 5. The van der Waals surface area contributed by atoms with Crippen LogP contribution in [0.15, 0.2) is 12.2 Å². The van der Waals surface area contributed by atoms with Gasteiger partial charge >= 0.3 is 11.9 Å². The van der Waals surface area contributed by atoms with E-state index in [1.54, 1.807) is 65.8 Å². The number of hydrogen-bond donors (Lipinski definition) is 5. The molecule has 5 aliphatic heterocycles. The smallest absolute Gasteiger partial charge is 0.308 e. The van der Waals surface area contributed by atoms with E-state index in [1.807, 2.05) is 6.92 Å². The summed E-state index contributed by atoms with van der Waals surface area (Å²) in [5.41, 5.74) is -1.50. The van der Waals surface area contributed by atoms with Crippen LogP contribution >= 0.6 is 0 Å². The van der Waals surface area contributed by atoms with Crippen molar-refractivity contribution in [3.63, 3.8) is 0 Å². The highest BCUT2D eigenvalue weighted by Gasteiger charge is 2.55. The Morgan fingerprint density at radius 3 is 2.26 bits per heavy atom. The molecule has 6 aliphatic rings. The van der Waals surface area contributed by atoms with E-state index in [2.05, 4.69) is 5.32 Å². The van der Waals surface area contributed by atoms with Crippen molar-refractivity contribution >= 4 is 30.0 Å². The third kappa shape index (κ3) is 11.1. The summed E-state index contributed by atoms with van der Waals surface area (Å²) in [5.74, 6) is -6.64. The molecule has 346 valence electrons. The summed E-state index contributed by atoms with van der Waals surface area (Å²) in [6, 6.07) is -0.790. The first-order valence-corrected chi connectivity index (χ1v) is 21.7. The van der Waals surface area contributed by atoms with Crippen LogP contribution in [0.25, 0.3) is 0 Å². The molecule has 2 bridgehead atoms. The lowest BCUT2D eigenvalue weighted by Crippen LogP contribution is -2.66. The number of esters is 2. The van der Waals surface area contributed by atoms with E-state index >= 15 is 0 Å². The second-order valence-corrected chi connectivity index (χ2v) is 18.3. The molecule has 0 aromatic heterocycles. The van der Waals surface area contributed by atoms with Crippen molar-refractivity contribution in [2.45, 2.75) is 172 Å². The minimum absolute atomic E-state index is 0.0531. The summed E-state index contributed by atoms with van der Waals surface area (Å²) in [4.78, 5) is 65.9. The number of hydrogen-bond acceptors (Lipinski definition) is 17. The Kier molecular flexibility index (Phi) is 16.7. The van der Waals surface area contributed by atoms with Crippen molar-refractivity contribution in [3.8, 4) is 0 Å². The number of aliphatic hydroxyl groups excluding tert-OH is 3. The fourth-order valence-corrected chi connectivity index (χ4v) is 10.3. The van der Waals surface area contributed by atoms with E-state index in [0.717, 1.165) is 0 Å². The molecule has 0 saturated carbocycles. The zero-order chi connectivity index (χ0) is 45.1. The Balaban J connectivity index is 1.41. The van der Waals surface area contributed by atoms with Crippen LogP contribution in [-0.4, -0.2) is 162 Å². The summed E-state index contributed by atoms with van der Waals surface area (Å²) in [5, 5.41) is 49.4. The van der Waals surface area contributed by atoms with Gasteiger partial charge in [0, 0.05) is 32.3 Å². The van der Waals surface area contributed by atoms with E-state index in [4.69, 9.17) is 33.2 Å². The quantitative estimate of drug-likeness (QED) is 0.0833. The number of likely N-dealkylation sites (N-methyl/N-ethyl adjacent to an activating group) is 1. The summed E-state index contributed by atoms with van der Waals surface area (Å²) in [6.07, 6.45) is -8.28. The molecule has 5 heterocycles. The number of aldehydes is 1. The van der Waals surface area contributed by atoms with Crippen molar-refractivity contribution in [1.29, 1.82) is 0 Å². The molecule has 2 amide bonds. The number of nitrogens with one attached hydrogen (secondary N) is 1. The van der Waals surface area contributed by atoms with Gasteiger partial charge in [0.2, 0.25) is 11.8 Å². The highest BCUT2D eigenvalue weighted by Crippen LogP contribution is 2.45. The predicted molar refractivity (Wildman–Crippen MR) is 214 cm³/mol. The van der Waals surface area contributed by atoms with Crippen molar-refractivity contribution in [1.82, 2.24) is 10.2 Å². The lowest BCUT2D eigenvalue weighted by molar-refractivity contribution is -0.344. The first-order valence-electron chi connectivity index (χ1n) is 21.7. The molecule has 0 radical (unpaired) electrons. The fourth-order valence-electron chi connectivity index (χ4n) is 10.3. The van der Waals surface area contributed by atoms with E-state index in [9.17, 15) is 44.4 Å². The second-order valence-electron chi connectivity index (χ2n) is 18.3. The topological polar surface area (TPSA) is 246 Å². The van der Waals surface area contributed by atoms with Gasteiger partial charge < -0.3 is 63.3 Å². The third-order valence-electron chi connectivity index (χ3n) is 13.2. The molecule has 20 atom stereocenters. The Bertz CT molecular complexity index is 1580. The number of methoxy groups -OCH3 is 1. The van der Waals surface area contributed by atoms with Gasteiger partial charge in [-0.3, -0.25) is 24.5 Å². The van der Waals surface area contributed by atoms with Crippen LogP contribution in [0.1, 0.15) is 86.5 Å². The summed E-state index contributed by atoms with van der Waals surface area (Å²) < 4.78 is 42.6. The van der Waals surface area contributed by atoms with Crippen molar-refractivity contribution in [2.75, 3.05) is 21.2 Å². The third-order valence-corrected chi connectivity index (χ3v) is 13.2. The number of rotatable bonds is 11. The summed E-state index contributed by atoms with van der Waals surface area (Å²) >= 11 is 0. The largest absolute Gasteiger partial charge is 0.463 e. The first kappa shape index (κ1) is 49.1. The van der Waals surface area contributed by atoms with Gasteiger partial charge in [-0.05, 0) is 78.8 Å². The van der Waals surface area contributed by atoms with Crippen molar-refractivity contribution in [3.05, 3.63) is 12.2 Å². The number of amides is 2. The van der Waals surface area contributed by atoms with Crippen LogP contribution in [0.2, 0.25) is 0 Å². The molecule has 4 saturated heterocycles. The Hall–Kier alpha value is -2.91. The number of fused-ring (bicyclic) bond motifs is 11. The Morgan fingerprint density at radius 1 is 0.951 bits per heavy atom. The van der Waals surface area contributed by atoms with Gasteiger partial charge in [0.1, 0.15) is 30.2 Å². The van der Waals surface area contributed by atoms with Crippen molar-refractivity contribution in [2.24, 2.45) is 35.5 Å². The predicted octanol–water partition coefficient (Wildman–Crippen LogP) is 0.775. The molecule has 0 spiro atoms. The number of aliphatic hydroxyl groups is 4. The number of carbonyl (C=O) groups is 5. The van der Waals surface area contributed by atoms with Crippen LogP contribution in [-0.2, 0) is 57.1 Å². The van der Waals surface area contributed by atoms with Gasteiger partial charge in [-0.25, -0.2) is 0 Å². The summed E-state index contributed by atoms with van der Waals surface area (Å²) in [7, 11) is 4.81. The Labute approximate surface area is 357 Å². The molecular weight excluding hydrogens is 800 g/mol. The normalized spacial score (nSPS) is 45.0. The molecule has 6 rings (SSSR count). The molecule has 4 unspecified atom stereocenters. The minimum atomic E-state index is -1.50. The lowest BCUT2D eigenvalue weighted by atomic mass is 9.66. The molecule has 0 aromatic carbocycles. The molecule has 4 fully saturated rings. The van der Waals surface area contributed by atoms with Gasteiger partial charge in [0.05, 0.1) is 60.9 Å². The summed E-state index contributed by atoms with van der Waals surface area (Å²) in [6.45, 7) is 10.2. The van der Waals surface area contributed by atoms with E-state index in [-0.39, 0.29) is 32.1 Å². The molecule has 18 nitrogen and oxygen atoms in total. The van der Waals surface area contributed by atoms with Crippen LogP contribution in [0, 0.1) is 35.5 Å². The van der Waals surface area contributed by atoms with E-state index < -0.39 is 151 Å². The zero-order valence-corrected chi connectivity index (χ0v) is 36.8. The maximum atomic E-state index is 13.3. The first-order chi connectivity index (χ1) is 28.7. The maximum Gasteiger partial charge on any atom is 0.308 e. The van der Waals surface area contributed by atoms with Crippen LogP contribution in [0.4, 0.5) is 0 Å². The molecule has 0 aromatic rings. The molecule has 61 heavy (non-hydrogen) atoms. The lowest BCUT2D eigenvalue weighted by Gasteiger charge is -2.50. The highest BCUT2D eigenvalue weighted by atomic mass is 16.7. The molecule has 1 aliphatic carbocycles. The number of nitrogens with zero attached hydrogens (tertiary/aromatic N) is 1. The average Bonchev–Trinajstić information content (AvgIpc) is 3.47. The van der Waals surface area contributed by atoms with Crippen LogP contribution in [0.5, 0.6) is 0 Å². The molecule has 18 heteroatoms.